The lowest BCUT2D eigenvalue weighted by Crippen LogP contribution is -1.94. The molecule has 0 spiro atoms. The van der Waals surface area contributed by atoms with Crippen LogP contribution in [0.4, 0.5) is 0 Å². The van der Waals surface area contributed by atoms with Crippen LogP contribution in [0, 0.1) is 0 Å². The Bertz CT molecular complexity index is 496. The molecular formula is C11H7Cl3N2S. The lowest BCUT2D eigenvalue weighted by atomic mass is 10.4. The average Bonchev–Trinajstić information content (AvgIpc) is 2.34. The summed E-state index contributed by atoms with van der Waals surface area (Å²) >= 11 is 19.0. The molecule has 0 aliphatic heterocycles. The Labute approximate surface area is 118 Å². The van der Waals surface area contributed by atoms with Gasteiger partial charge in [0.05, 0.1) is 5.75 Å². The van der Waals surface area contributed by atoms with Gasteiger partial charge < -0.3 is 0 Å². The molecule has 6 heteroatoms. The van der Waals surface area contributed by atoms with Crippen LogP contribution in [0.25, 0.3) is 0 Å². The molecule has 0 bridgehead atoms. The number of thioether (sulfide) groups is 1. The van der Waals surface area contributed by atoms with Gasteiger partial charge in [0, 0.05) is 4.90 Å². The molecule has 0 atom stereocenters. The van der Waals surface area contributed by atoms with Gasteiger partial charge in [-0.1, -0.05) is 53.0 Å². The van der Waals surface area contributed by atoms with Crippen LogP contribution in [-0.4, -0.2) is 9.97 Å². The van der Waals surface area contributed by atoms with Crippen LogP contribution in [0.15, 0.2) is 35.2 Å². The number of nitrogens with zero attached hydrogens (tertiary/aromatic N) is 2. The van der Waals surface area contributed by atoms with Crippen molar-refractivity contribution >= 4 is 46.6 Å². The zero-order chi connectivity index (χ0) is 12.3. The van der Waals surface area contributed by atoms with E-state index in [4.69, 9.17) is 34.8 Å². The smallest absolute Gasteiger partial charge is 0.152 e. The first kappa shape index (κ1) is 13.0. The van der Waals surface area contributed by atoms with Crippen LogP contribution in [0.2, 0.25) is 15.3 Å². The molecule has 88 valence electrons. The summed E-state index contributed by atoms with van der Waals surface area (Å²) in [6.07, 6.45) is 0. The van der Waals surface area contributed by atoms with E-state index in [-0.39, 0.29) is 15.3 Å². The monoisotopic (exact) mass is 304 g/mol. The van der Waals surface area contributed by atoms with E-state index in [0.717, 1.165) is 4.90 Å². The summed E-state index contributed by atoms with van der Waals surface area (Å²) in [6.45, 7) is 0. The molecule has 1 heterocycles. The molecule has 0 aliphatic rings. The second kappa shape index (κ2) is 5.91. The molecule has 2 nitrogen and oxygen atoms in total. The van der Waals surface area contributed by atoms with Crippen LogP contribution >= 0.6 is 46.6 Å². The third kappa shape index (κ3) is 3.49. The first-order valence-electron chi connectivity index (χ1n) is 4.72. The van der Waals surface area contributed by atoms with E-state index in [2.05, 4.69) is 9.97 Å². The lowest BCUT2D eigenvalue weighted by molar-refractivity contribution is 1.03. The second-order valence-corrected chi connectivity index (χ2v) is 5.28. The third-order valence-electron chi connectivity index (χ3n) is 1.93. The normalized spacial score (nSPS) is 10.5. The average molecular weight is 306 g/mol. The Kier molecular flexibility index (Phi) is 4.51. The summed E-state index contributed by atoms with van der Waals surface area (Å²) in [5, 5.41) is 0.576. The highest BCUT2D eigenvalue weighted by molar-refractivity contribution is 7.98. The number of rotatable bonds is 3. The Morgan fingerprint density at radius 3 is 2.12 bits per heavy atom. The predicted octanol–water partition coefficient (Wildman–Crippen LogP) is 4.73. The lowest BCUT2D eigenvalue weighted by Gasteiger charge is -2.03. The van der Waals surface area contributed by atoms with Crippen LogP contribution in [0.3, 0.4) is 0 Å². The van der Waals surface area contributed by atoms with E-state index in [1.54, 1.807) is 11.8 Å². The molecule has 0 amide bonds. The van der Waals surface area contributed by atoms with Crippen molar-refractivity contribution in [1.29, 1.82) is 0 Å². The Morgan fingerprint density at radius 1 is 0.941 bits per heavy atom. The van der Waals surface area contributed by atoms with Crippen molar-refractivity contribution in [3.05, 3.63) is 51.5 Å². The highest BCUT2D eigenvalue weighted by atomic mass is 35.5. The molecule has 0 saturated carbocycles. The summed E-state index contributed by atoms with van der Waals surface area (Å²) in [5.41, 5.74) is 0. The van der Waals surface area contributed by atoms with Gasteiger partial charge in [-0.3, -0.25) is 0 Å². The van der Waals surface area contributed by atoms with Gasteiger partial charge in [-0.15, -0.1) is 11.8 Å². The topological polar surface area (TPSA) is 25.8 Å². The van der Waals surface area contributed by atoms with Gasteiger partial charge in [-0.25, -0.2) is 9.97 Å². The van der Waals surface area contributed by atoms with E-state index in [0.29, 0.717) is 11.6 Å². The van der Waals surface area contributed by atoms with Gasteiger partial charge >= 0.3 is 0 Å². The molecule has 0 N–H and O–H groups in total. The minimum atomic E-state index is 0.190. The maximum atomic E-state index is 5.82. The van der Waals surface area contributed by atoms with E-state index in [9.17, 15) is 0 Å². The van der Waals surface area contributed by atoms with Crippen molar-refractivity contribution in [1.82, 2.24) is 9.97 Å². The standard InChI is InChI=1S/C11H7Cl3N2S/c12-9-10(13)15-8(16-11(9)14)6-17-7-4-2-1-3-5-7/h1-5H,6H2. The van der Waals surface area contributed by atoms with Gasteiger partial charge in [0.25, 0.3) is 0 Å². The molecule has 0 radical (unpaired) electrons. The number of hydrogen-bond donors (Lipinski definition) is 0. The van der Waals surface area contributed by atoms with Gasteiger partial charge in [0.1, 0.15) is 10.8 Å². The summed E-state index contributed by atoms with van der Waals surface area (Å²) in [5.74, 6) is 1.17. The van der Waals surface area contributed by atoms with Crippen LogP contribution in [0.1, 0.15) is 5.82 Å². The van der Waals surface area contributed by atoms with E-state index in [1.165, 1.54) is 0 Å². The molecule has 0 aliphatic carbocycles. The molecular weight excluding hydrogens is 299 g/mol. The van der Waals surface area contributed by atoms with Crippen molar-refractivity contribution < 1.29 is 0 Å². The SMILES string of the molecule is Clc1nc(CSc2ccccc2)nc(Cl)c1Cl. The van der Waals surface area contributed by atoms with E-state index >= 15 is 0 Å². The van der Waals surface area contributed by atoms with Crippen LogP contribution in [-0.2, 0) is 5.75 Å². The number of halogens is 3. The van der Waals surface area contributed by atoms with Gasteiger partial charge in [0.2, 0.25) is 0 Å². The fraction of sp³-hybridized carbons (Fsp3) is 0.0909. The quantitative estimate of drug-likeness (QED) is 0.605. The number of aromatic nitrogens is 2. The van der Waals surface area contributed by atoms with E-state index in [1.807, 2.05) is 30.3 Å². The van der Waals surface area contributed by atoms with Crippen molar-refractivity contribution in [3.8, 4) is 0 Å². The largest absolute Gasteiger partial charge is 0.219 e. The van der Waals surface area contributed by atoms with E-state index < -0.39 is 0 Å². The van der Waals surface area contributed by atoms with Crippen molar-refractivity contribution in [2.45, 2.75) is 10.6 Å². The summed E-state index contributed by atoms with van der Waals surface area (Å²) in [7, 11) is 0. The molecule has 1 aromatic heterocycles. The van der Waals surface area contributed by atoms with Gasteiger partial charge in [-0.05, 0) is 12.1 Å². The molecule has 2 rings (SSSR count). The molecule has 17 heavy (non-hydrogen) atoms. The summed E-state index contributed by atoms with van der Waals surface area (Å²) < 4.78 is 0. The first-order valence-corrected chi connectivity index (χ1v) is 6.84. The minimum Gasteiger partial charge on any atom is -0.219 e. The molecule has 2 aromatic rings. The third-order valence-corrected chi connectivity index (χ3v) is 4.03. The van der Waals surface area contributed by atoms with Gasteiger partial charge in [-0.2, -0.15) is 0 Å². The van der Waals surface area contributed by atoms with Crippen LogP contribution in [0.5, 0.6) is 0 Å². The molecule has 0 unspecified atom stereocenters. The second-order valence-electron chi connectivity index (χ2n) is 3.14. The fourth-order valence-electron chi connectivity index (χ4n) is 1.16. The Balaban J connectivity index is 2.10. The zero-order valence-corrected chi connectivity index (χ0v) is 11.6. The first-order chi connectivity index (χ1) is 8.16. The maximum Gasteiger partial charge on any atom is 0.152 e. The fourth-order valence-corrected chi connectivity index (χ4v) is 2.45. The Morgan fingerprint density at radius 2 is 1.53 bits per heavy atom. The van der Waals surface area contributed by atoms with Crippen molar-refractivity contribution in [3.63, 3.8) is 0 Å². The number of hydrogen-bond acceptors (Lipinski definition) is 3. The summed E-state index contributed by atoms with van der Waals surface area (Å²) in [6, 6.07) is 9.96. The van der Waals surface area contributed by atoms with Crippen LogP contribution < -0.4 is 0 Å². The predicted molar refractivity (Wildman–Crippen MR) is 73.1 cm³/mol. The highest BCUT2D eigenvalue weighted by Crippen LogP contribution is 2.28. The minimum absolute atomic E-state index is 0.190. The molecule has 1 aromatic carbocycles. The van der Waals surface area contributed by atoms with Crippen molar-refractivity contribution in [2.75, 3.05) is 0 Å². The number of benzene rings is 1. The molecule has 0 fully saturated rings. The highest BCUT2D eigenvalue weighted by Gasteiger charge is 2.09. The van der Waals surface area contributed by atoms with Gasteiger partial charge in [0.15, 0.2) is 10.3 Å². The zero-order valence-electron chi connectivity index (χ0n) is 8.53. The maximum absolute atomic E-state index is 5.82. The molecule has 0 saturated heterocycles. The van der Waals surface area contributed by atoms with Crippen molar-refractivity contribution in [2.24, 2.45) is 0 Å². The summed E-state index contributed by atoms with van der Waals surface area (Å²) in [4.78, 5) is 9.27. The Hall–Kier alpha value is -0.480.